The van der Waals surface area contributed by atoms with Crippen molar-refractivity contribution in [2.24, 2.45) is 5.92 Å². The van der Waals surface area contributed by atoms with Crippen LogP contribution in [0.5, 0.6) is 11.6 Å². The average Bonchev–Trinajstić information content (AvgIpc) is 2.54. The molecule has 1 atom stereocenters. The predicted octanol–water partition coefficient (Wildman–Crippen LogP) is 0.0455. The number of carbonyl (C=O) groups excluding carboxylic acids is 3. The Labute approximate surface area is 152 Å². The minimum absolute atomic E-state index is 0.0835. The summed E-state index contributed by atoms with van der Waals surface area (Å²) in [7, 11) is 0. The number of aromatic amines is 2. The first-order valence-corrected chi connectivity index (χ1v) is 8.14. The number of hydrogen-bond donors (Lipinski definition) is 4. The Morgan fingerprint density at radius 2 is 1.62 bits per heavy atom. The molecule has 4 amide bonds. The molecule has 0 aliphatic carbocycles. The predicted molar refractivity (Wildman–Crippen MR) is 88.9 cm³/mol. The second-order valence-electron chi connectivity index (χ2n) is 5.67. The van der Waals surface area contributed by atoms with Crippen LogP contribution in [0.4, 0.5) is 4.79 Å². The lowest BCUT2D eigenvalue weighted by molar-refractivity contribution is -0.136. The summed E-state index contributed by atoms with van der Waals surface area (Å²) >= 11 is 3.30. The molecule has 1 fully saturated rings. The van der Waals surface area contributed by atoms with Crippen molar-refractivity contribution in [3.63, 3.8) is 0 Å². The van der Waals surface area contributed by atoms with E-state index in [9.17, 15) is 24.0 Å². The van der Waals surface area contributed by atoms with Crippen LogP contribution in [-0.2, 0) is 9.59 Å². The first kappa shape index (κ1) is 16.3. The zero-order valence-electron chi connectivity index (χ0n) is 12.7. The molecule has 2 aromatic rings. The number of carbonyl (C=O) groups is 3. The molecule has 0 radical (unpaired) electrons. The molecule has 10 nitrogen and oxygen atoms in total. The fraction of sp³-hybridized carbons (Fsp3) is 0.133. The summed E-state index contributed by atoms with van der Waals surface area (Å²) in [4.78, 5) is 64.5. The Bertz CT molecular complexity index is 1080. The van der Waals surface area contributed by atoms with Crippen LogP contribution in [0.25, 0.3) is 0 Å². The summed E-state index contributed by atoms with van der Waals surface area (Å²) in [5.41, 5.74) is -1.29. The highest BCUT2D eigenvalue weighted by Crippen LogP contribution is 2.48. The fourth-order valence-corrected chi connectivity index (χ4v) is 3.61. The number of rotatable bonds is 1. The van der Waals surface area contributed by atoms with Gasteiger partial charge in [-0.25, -0.2) is 9.59 Å². The molecule has 132 valence electrons. The Kier molecular flexibility index (Phi) is 3.54. The highest BCUT2D eigenvalue weighted by Gasteiger charge is 2.47. The van der Waals surface area contributed by atoms with Crippen molar-refractivity contribution >= 4 is 33.8 Å². The maximum absolute atomic E-state index is 12.4. The molecule has 3 heterocycles. The molecule has 26 heavy (non-hydrogen) atoms. The molecule has 1 saturated heterocycles. The molecule has 4 rings (SSSR count). The summed E-state index contributed by atoms with van der Waals surface area (Å²) in [6, 6.07) is 3.97. The molecular formula is C15H9BrN4O6. The Balaban J connectivity index is 2.00. The number of H-pyrrole nitrogens is 2. The fourth-order valence-electron chi connectivity index (χ4n) is 3.15. The first-order chi connectivity index (χ1) is 12.4. The topological polar surface area (TPSA) is 150 Å². The minimum Gasteiger partial charge on any atom is -0.439 e. The largest absolute Gasteiger partial charge is 0.439 e. The van der Waals surface area contributed by atoms with Gasteiger partial charge in [-0.1, -0.05) is 12.1 Å². The normalized spacial score (nSPS) is 19.1. The van der Waals surface area contributed by atoms with Crippen LogP contribution in [0.1, 0.15) is 17.0 Å². The van der Waals surface area contributed by atoms with E-state index in [4.69, 9.17) is 4.74 Å². The maximum Gasteiger partial charge on any atom is 0.328 e. The monoisotopic (exact) mass is 420 g/mol. The van der Waals surface area contributed by atoms with Gasteiger partial charge in [-0.15, -0.1) is 0 Å². The van der Waals surface area contributed by atoms with Crippen molar-refractivity contribution < 1.29 is 19.1 Å². The summed E-state index contributed by atoms with van der Waals surface area (Å²) < 4.78 is 6.13. The first-order valence-electron chi connectivity index (χ1n) is 7.35. The van der Waals surface area contributed by atoms with Crippen LogP contribution < -0.4 is 26.6 Å². The van der Waals surface area contributed by atoms with Gasteiger partial charge in [0.15, 0.2) is 0 Å². The number of halogens is 1. The van der Waals surface area contributed by atoms with Gasteiger partial charge < -0.3 is 4.74 Å². The molecule has 0 saturated carbocycles. The molecule has 1 aromatic carbocycles. The number of imide groups is 2. The number of ether oxygens (including phenoxy) is 1. The number of urea groups is 1. The van der Waals surface area contributed by atoms with E-state index in [1.807, 2.05) is 10.6 Å². The van der Waals surface area contributed by atoms with Crippen LogP contribution in [0.2, 0.25) is 0 Å². The molecule has 2 aliphatic rings. The van der Waals surface area contributed by atoms with E-state index in [0.29, 0.717) is 10.0 Å². The van der Waals surface area contributed by atoms with Crippen molar-refractivity contribution in [1.29, 1.82) is 0 Å². The van der Waals surface area contributed by atoms with Gasteiger partial charge in [0.2, 0.25) is 17.7 Å². The number of barbiturate groups is 1. The van der Waals surface area contributed by atoms with Crippen LogP contribution in [0, 0.1) is 5.92 Å². The summed E-state index contributed by atoms with van der Waals surface area (Å²) in [6.07, 6.45) is 0. The van der Waals surface area contributed by atoms with Gasteiger partial charge in [-0.3, -0.25) is 35.0 Å². The number of amides is 4. The van der Waals surface area contributed by atoms with Gasteiger partial charge in [0, 0.05) is 11.5 Å². The van der Waals surface area contributed by atoms with Gasteiger partial charge in [0.05, 0.1) is 10.0 Å². The third kappa shape index (κ3) is 2.36. The molecule has 0 bridgehead atoms. The molecule has 0 spiro atoms. The molecule has 2 aliphatic heterocycles. The van der Waals surface area contributed by atoms with E-state index in [-0.39, 0.29) is 17.2 Å². The van der Waals surface area contributed by atoms with E-state index in [1.54, 1.807) is 18.2 Å². The number of fused-ring (bicyclic) bond motifs is 2. The molecule has 4 N–H and O–H groups in total. The lowest BCUT2D eigenvalue weighted by atomic mass is 9.78. The van der Waals surface area contributed by atoms with Crippen molar-refractivity contribution in [3.8, 4) is 11.6 Å². The van der Waals surface area contributed by atoms with Crippen molar-refractivity contribution in [3.05, 3.63) is 54.6 Å². The zero-order chi connectivity index (χ0) is 18.6. The summed E-state index contributed by atoms with van der Waals surface area (Å²) in [5, 5.41) is 4.04. The van der Waals surface area contributed by atoms with Crippen molar-refractivity contribution in [1.82, 2.24) is 20.6 Å². The van der Waals surface area contributed by atoms with E-state index < -0.39 is 40.9 Å². The molecular weight excluding hydrogens is 412 g/mol. The maximum atomic E-state index is 12.4. The van der Waals surface area contributed by atoms with Crippen molar-refractivity contribution in [2.75, 3.05) is 0 Å². The lowest BCUT2D eigenvalue weighted by Gasteiger charge is -2.33. The highest BCUT2D eigenvalue weighted by molar-refractivity contribution is 9.10. The SMILES string of the molecule is O=C1NC(=O)C(C2c3cccc(Br)c3Oc3[nH]c(=O)[nH]c(=O)c32)C(=O)N1. The number of nitrogens with one attached hydrogen (secondary N) is 4. The number of aromatic nitrogens is 2. The lowest BCUT2D eigenvalue weighted by Crippen LogP contribution is -2.58. The van der Waals surface area contributed by atoms with Gasteiger partial charge in [-0.05, 0) is 22.0 Å². The van der Waals surface area contributed by atoms with Gasteiger partial charge in [0.25, 0.3) is 5.56 Å². The second kappa shape index (κ2) is 5.66. The number of para-hydroxylation sites is 1. The van der Waals surface area contributed by atoms with Crippen LogP contribution in [-0.4, -0.2) is 27.8 Å². The van der Waals surface area contributed by atoms with Crippen LogP contribution in [0.15, 0.2) is 32.3 Å². The smallest absolute Gasteiger partial charge is 0.328 e. The minimum atomic E-state index is -1.41. The van der Waals surface area contributed by atoms with E-state index in [2.05, 4.69) is 25.9 Å². The quantitative estimate of drug-likeness (QED) is 0.478. The van der Waals surface area contributed by atoms with Crippen LogP contribution in [0.3, 0.4) is 0 Å². The van der Waals surface area contributed by atoms with Gasteiger partial charge >= 0.3 is 11.7 Å². The summed E-state index contributed by atoms with van der Waals surface area (Å²) in [6.45, 7) is 0. The Morgan fingerprint density at radius 1 is 0.923 bits per heavy atom. The van der Waals surface area contributed by atoms with E-state index in [0.717, 1.165) is 0 Å². The van der Waals surface area contributed by atoms with Crippen LogP contribution >= 0.6 is 15.9 Å². The van der Waals surface area contributed by atoms with E-state index in [1.165, 1.54) is 0 Å². The second-order valence-corrected chi connectivity index (χ2v) is 6.53. The number of benzene rings is 1. The van der Waals surface area contributed by atoms with Crippen molar-refractivity contribution in [2.45, 2.75) is 5.92 Å². The zero-order valence-corrected chi connectivity index (χ0v) is 14.3. The number of hydrogen-bond acceptors (Lipinski definition) is 6. The molecule has 1 aromatic heterocycles. The molecule has 1 unspecified atom stereocenters. The summed E-state index contributed by atoms with van der Waals surface area (Å²) in [5.74, 6) is -4.10. The Morgan fingerprint density at radius 3 is 2.31 bits per heavy atom. The standard InChI is InChI=1S/C15H9BrN4O6/c16-5-3-1-2-4-6(7-10(21)17-14(24)18-11(7)22)8-12(23)19-15(25)20-13(8)26-9(4)5/h1-3,6-7H,(H2,19,20,23,25)(H2,17,18,21,22,24). The van der Waals surface area contributed by atoms with Gasteiger partial charge in [0.1, 0.15) is 11.7 Å². The third-order valence-corrected chi connectivity index (χ3v) is 4.79. The average molecular weight is 421 g/mol. The Hall–Kier alpha value is -3.21. The third-order valence-electron chi connectivity index (χ3n) is 4.16. The molecule has 11 heteroatoms. The van der Waals surface area contributed by atoms with Gasteiger partial charge in [-0.2, -0.15) is 0 Å². The highest BCUT2D eigenvalue weighted by atomic mass is 79.9. The van der Waals surface area contributed by atoms with E-state index >= 15 is 0 Å².